The Labute approximate surface area is 161 Å². The van der Waals surface area contributed by atoms with E-state index in [0.717, 1.165) is 30.4 Å². The summed E-state index contributed by atoms with van der Waals surface area (Å²) in [5, 5.41) is 16.0. The summed E-state index contributed by atoms with van der Waals surface area (Å²) in [6.07, 6.45) is 0. The van der Waals surface area contributed by atoms with E-state index in [4.69, 9.17) is 5.10 Å². The van der Waals surface area contributed by atoms with Gasteiger partial charge in [-0.05, 0) is 18.2 Å². The molecular weight excluding hydrogens is 358 g/mol. The van der Waals surface area contributed by atoms with Crippen molar-refractivity contribution in [2.75, 3.05) is 24.5 Å². The fraction of sp³-hybridized carbons (Fsp3) is 0.421. The van der Waals surface area contributed by atoms with Gasteiger partial charge in [0.2, 0.25) is 5.56 Å². The van der Waals surface area contributed by atoms with Gasteiger partial charge in [0.1, 0.15) is 11.5 Å². The fourth-order valence-corrected chi connectivity index (χ4v) is 3.21. The lowest BCUT2D eigenvalue weighted by Crippen LogP contribution is -2.52. The highest BCUT2D eigenvalue weighted by molar-refractivity contribution is 5.92. The first-order valence-corrected chi connectivity index (χ1v) is 9.27. The molecule has 1 amide bonds. The minimum Gasteiger partial charge on any atom is -0.354 e. The molecule has 146 valence electrons. The molecule has 9 heteroatoms. The largest absolute Gasteiger partial charge is 0.354 e. The molecule has 1 saturated heterocycles. The molecule has 1 aliphatic rings. The number of rotatable bonds is 4. The van der Waals surface area contributed by atoms with Gasteiger partial charge in [0, 0.05) is 37.0 Å². The second-order valence-electron chi connectivity index (χ2n) is 8.14. The van der Waals surface area contributed by atoms with E-state index in [1.165, 1.54) is 6.07 Å². The molecule has 0 atom stereocenters. The Kier molecular flexibility index (Phi) is 4.37. The van der Waals surface area contributed by atoms with Gasteiger partial charge in [-0.25, -0.2) is 0 Å². The zero-order valence-corrected chi connectivity index (χ0v) is 16.1. The second kappa shape index (κ2) is 6.74. The number of fused-ring (bicyclic) bond motifs is 1. The molecule has 0 spiro atoms. The molecule has 4 heterocycles. The normalized spacial score (nSPS) is 14.9. The van der Waals surface area contributed by atoms with Crippen molar-refractivity contribution in [3.05, 3.63) is 52.2 Å². The Bertz CT molecular complexity index is 1070. The van der Waals surface area contributed by atoms with Crippen LogP contribution in [-0.4, -0.2) is 50.3 Å². The number of pyridine rings is 1. The molecule has 0 saturated carbocycles. The number of nitrogens with zero attached hydrogens (tertiary/aromatic N) is 5. The van der Waals surface area contributed by atoms with Crippen molar-refractivity contribution >= 4 is 17.4 Å². The van der Waals surface area contributed by atoms with Gasteiger partial charge in [-0.3, -0.25) is 9.59 Å². The van der Waals surface area contributed by atoms with Gasteiger partial charge >= 0.3 is 0 Å². The summed E-state index contributed by atoms with van der Waals surface area (Å²) in [5.74, 6) is 1.76. The lowest BCUT2D eigenvalue weighted by Gasteiger charge is -2.40. The van der Waals surface area contributed by atoms with E-state index < -0.39 is 0 Å². The van der Waals surface area contributed by atoms with E-state index in [-0.39, 0.29) is 22.6 Å². The molecule has 1 aliphatic heterocycles. The van der Waals surface area contributed by atoms with Gasteiger partial charge in [0.15, 0.2) is 11.5 Å². The molecule has 1 fully saturated rings. The summed E-state index contributed by atoms with van der Waals surface area (Å²) >= 11 is 0. The molecule has 0 radical (unpaired) electrons. The van der Waals surface area contributed by atoms with Crippen LogP contribution in [0.25, 0.3) is 5.65 Å². The summed E-state index contributed by atoms with van der Waals surface area (Å²) in [6.45, 7) is 8.41. The van der Waals surface area contributed by atoms with Crippen molar-refractivity contribution in [1.82, 2.24) is 30.1 Å². The number of aromatic amines is 1. The maximum atomic E-state index is 12.1. The maximum Gasteiger partial charge on any atom is 0.267 e. The van der Waals surface area contributed by atoms with Crippen LogP contribution in [0.5, 0.6) is 0 Å². The number of carbonyl (C=O) groups is 1. The third kappa shape index (κ3) is 3.47. The zero-order valence-electron chi connectivity index (χ0n) is 16.1. The molecule has 2 N–H and O–H groups in total. The molecule has 0 unspecified atom stereocenters. The quantitative estimate of drug-likeness (QED) is 0.697. The van der Waals surface area contributed by atoms with Gasteiger partial charge in [0.05, 0.1) is 0 Å². The van der Waals surface area contributed by atoms with Crippen LogP contribution in [0, 0.1) is 5.92 Å². The average Bonchev–Trinajstić information content (AvgIpc) is 3.03. The van der Waals surface area contributed by atoms with Crippen molar-refractivity contribution < 1.29 is 4.79 Å². The highest BCUT2D eigenvalue weighted by Crippen LogP contribution is 2.25. The first-order valence-electron chi connectivity index (χ1n) is 9.27. The topological polar surface area (TPSA) is 108 Å². The first kappa shape index (κ1) is 18.1. The van der Waals surface area contributed by atoms with Crippen LogP contribution in [0.1, 0.15) is 37.1 Å². The average molecular weight is 381 g/mol. The molecule has 28 heavy (non-hydrogen) atoms. The van der Waals surface area contributed by atoms with Gasteiger partial charge in [-0.15, -0.1) is 15.3 Å². The monoisotopic (exact) mass is 381 g/mol. The van der Waals surface area contributed by atoms with Crippen LogP contribution < -0.4 is 15.8 Å². The number of aromatic nitrogens is 5. The van der Waals surface area contributed by atoms with Crippen LogP contribution in [0.2, 0.25) is 0 Å². The molecule has 0 aromatic carbocycles. The van der Waals surface area contributed by atoms with Crippen molar-refractivity contribution in [2.24, 2.45) is 5.92 Å². The maximum absolute atomic E-state index is 12.1. The van der Waals surface area contributed by atoms with Gasteiger partial charge < -0.3 is 15.2 Å². The Balaban J connectivity index is 1.37. The Morgan fingerprint density at radius 1 is 1.21 bits per heavy atom. The fourth-order valence-electron chi connectivity index (χ4n) is 3.21. The summed E-state index contributed by atoms with van der Waals surface area (Å²) < 4.78 is 1.80. The van der Waals surface area contributed by atoms with Gasteiger partial charge in [-0.1, -0.05) is 26.8 Å². The highest BCUT2D eigenvalue weighted by atomic mass is 16.2. The van der Waals surface area contributed by atoms with E-state index in [1.54, 1.807) is 16.6 Å². The van der Waals surface area contributed by atoms with Crippen molar-refractivity contribution in [1.29, 1.82) is 0 Å². The molecule has 0 bridgehead atoms. The smallest absolute Gasteiger partial charge is 0.267 e. The Morgan fingerprint density at radius 3 is 2.71 bits per heavy atom. The standard InChI is InChI=1S/C19H23N7O2/c1-19(2,3)18-23-22-14-7-8-15(24-26(14)18)25-10-12(11-25)9-20-17(28)13-5-4-6-16(27)21-13/h4-8,12H,9-11H2,1-3H3,(H,20,28)(H,21,27). The van der Waals surface area contributed by atoms with Crippen LogP contribution in [0.4, 0.5) is 5.82 Å². The van der Waals surface area contributed by atoms with E-state index >= 15 is 0 Å². The number of H-pyrrole nitrogens is 1. The third-order valence-electron chi connectivity index (χ3n) is 4.77. The second-order valence-corrected chi connectivity index (χ2v) is 8.14. The predicted octanol–water partition coefficient (Wildman–Crippen LogP) is 0.976. The van der Waals surface area contributed by atoms with Crippen LogP contribution in [0.15, 0.2) is 35.1 Å². The SMILES string of the molecule is CC(C)(C)c1nnc2ccc(N3CC(CNC(=O)c4cccc(=O)[nH]4)C3)nn12. The minimum absolute atomic E-state index is 0.148. The number of hydrogen-bond donors (Lipinski definition) is 2. The minimum atomic E-state index is -0.285. The summed E-state index contributed by atoms with van der Waals surface area (Å²) in [7, 11) is 0. The number of anilines is 1. The Hall–Kier alpha value is -3.23. The molecule has 0 aliphatic carbocycles. The molecule has 3 aromatic heterocycles. The molecule has 4 rings (SSSR count). The molecular formula is C19H23N7O2. The number of hydrogen-bond acceptors (Lipinski definition) is 6. The Morgan fingerprint density at radius 2 is 2.00 bits per heavy atom. The van der Waals surface area contributed by atoms with E-state index in [9.17, 15) is 9.59 Å². The lowest BCUT2D eigenvalue weighted by molar-refractivity contribution is 0.0939. The number of nitrogens with one attached hydrogen (secondary N) is 2. The van der Waals surface area contributed by atoms with Crippen molar-refractivity contribution in [2.45, 2.75) is 26.2 Å². The van der Waals surface area contributed by atoms with Crippen LogP contribution in [-0.2, 0) is 5.41 Å². The summed E-state index contributed by atoms with van der Waals surface area (Å²) in [5.41, 5.74) is 0.575. The molecule has 3 aromatic rings. The first-order chi connectivity index (χ1) is 13.3. The van der Waals surface area contributed by atoms with Crippen molar-refractivity contribution in [3.8, 4) is 0 Å². The van der Waals surface area contributed by atoms with Gasteiger partial charge in [0.25, 0.3) is 5.91 Å². The van der Waals surface area contributed by atoms with Crippen LogP contribution in [0.3, 0.4) is 0 Å². The lowest BCUT2D eigenvalue weighted by atomic mass is 9.96. The predicted molar refractivity (Wildman–Crippen MR) is 105 cm³/mol. The van der Waals surface area contributed by atoms with Crippen molar-refractivity contribution in [3.63, 3.8) is 0 Å². The van der Waals surface area contributed by atoms with Gasteiger partial charge in [-0.2, -0.15) is 4.52 Å². The summed E-state index contributed by atoms with van der Waals surface area (Å²) in [4.78, 5) is 28.1. The molecule has 9 nitrogen and oxygen atoms in total. The highest BCUT2D eigenvalue weighted by Gasteiger charge is 2.29. The number of amides is 1. The van der Waals surface area contributed by atoms with E-state index in [1.807, 2.05) is 12.1 Å². The number of carbonyl (C=O) groups excluding carboxylic acids is 1. The van der Waals surface area contributed by atoms with Crippen LogP contribution >= 0.6 is 0 Å². The van der Waals surface area contributed by atoms with E-state index in [2.05, 4.69) is 46.2 Å². The summed E-state index contributed by atoms with van der Waals surface area (Å²) in [6, 6.07) is 8.41. The van der Waals surface area contributed by atoms with E-state index in [0.29, 0.717) is 12.5 Å². The zero-order chi connectivity index (χ0) is 19.9. The third-order valence-corrected chi connectivity index (χ3v) is 4.77.